The topological polar surface area (TPSA) is 42.9 Å². The summed E-state index contributed by atoms with van der Waals surface area (Å²) in [5.74, 6) is 1.06. The lowest BCUT2D eigenvalue weighted by Gasteiger charge is -2.36. The maximum absolute atomic E-state index is 12.6. The van der Waals surface area contributed by atoms with Crippen molar-refractivity contribution in [2.75, 3.05) is 64.8 Å². The van der Waals surface area contributed by atoms with Crippen molar-refractivity contribution in [2.24, 2.45) is 0 Å². The van der Waals surface area contributed by atoms with Crippen LogP contribution in [0.1, 0.15) is 6.42 Å². The number of aromatic nitrogens is 1. The number of halogens is 1. The summed E-state index contributed by atoms with van der Waals surface area (Å²) in [6, 6.07) is 4.26. The Morgan fingerprint density at radius 3 is 2.67 bits per heavy atom. The van der Waals surface area contributed by atoms with E-state index < -0.39 is 0 Å². The number of carbonyl (C=O) groups excluding carboxylic acids is 1. The number of likely N-dealkylation sites (tertiary alicyclic amines) is 1. The van der Waals surface area contributed by atoms with Crippen molar-refractivity contribution in [3.05, 3.63) is 23.4 Å². The van der Waals surface area contributed by atoms with Crippen molar-refractivity contribution in [2.45, 2.75) is 12.5 Å². The Morgan fingerprint density at radius 2 is 2.04 bits per heavy atom. The number of likely N-dealkylation sites (N-methyl/N-ethyl adjacent to an activating group) is 1. The average Bonchev–Trinajstić information content (AvgIpc) is 3.04. The van der Waals surface area contributed by atoms with Crippen molar-refractivity contribution in [3.8, 4) is 0 Å². The van der Waals surface area contributed by atoms with Crippen LogP contribution in [-0.4, -0.2) is 91.5 Å². The third-order valence-electron chi connectivity index (χ3n) is 5.01. The summed E-state index contributed by atoms with van der Waals surface area (Å²) < 4.78 is 0. The van der Waals surface area contributed by atoms with Crippen LogP contribution in [0.4, 0.5) is 5.82 Å². The van der Waals surface area contributed by atoms with Crippen LogP contribution in [0.2, 0.25) is 5.02 Å². The van der Waals surface area contributed by atoms with E-state index in [0.29, 0.717) is 17.6 Å². The van der Waals surface area contributed by atoms with E-state index in [0.717, 1.165) is 51.5 Å². The van der Waals surface area contributed by atoms with Gasteiger partial charge in [-0.25, -0.2) is 4.98 Å². The Labute approximate surface area is 149 Å². The smallest absolute Gasteiger partial charge is 0.236 e. The fraction of sp³-hybridized carbons (Fsp3) is 0.647. The van der Waals surface area contributed by atoms with Crippen LogP contribution in [0.25, 0.3) is 0 Å². The zero-order valence-corrected chi connectivity index (χ0v) is 15.2. The van der Waals surface area contributed by atoms with E-state index in [-0.39, 0.29) is 5.91 Å². The molecule has 2 aliphatic rings. The van der Waals surface area contributed by atoms with Crippen molar-refractivity contribution < 1.29 is 4.79 Å². The Kier molecular flexibility index (Phi) is 5.58. The summed E-state index contributed by atoms with van der Waals surface area (Å²) in [6.45, 7) is 5.56. The lowest BCUT2D eigenvalue weighted by molar-refractivity contribution is -0.132. The van der Waals surface area contributed by atoms with E-state index in [9.17, 15) is 4.79 Å². The van der Waals surface area contributed by atoms with E-state index in [1.165, 1.54) is 0 Å². The van der Waals surface area contributed by atoms with Gasteiger partial charge in [0.05, 0.1) is 11.6 Å². The maximum atomic E-state index is 12.6. The number of amides is 1. The molecule has 24 heavy (non-hydrogen) atoms. The molecule has 0 bridgehead atoms. The minimum atomic E-state index is 0.237. The molecule has 0 aliphatic carbocycles. The molecule has 3 rings (SSSR count). The normalized spacial score (nSPS) is 22.4. The van der Waals surface area contributed by atoms with E-state index in [1.807, 2.05) is 17.0 Å². The standard InChI is InChI=1S/C17H26ClN5O/c1-20(2)14-5-7-21(12-14)13-16(24)22-8-10-23(11-9-22)17-15(18)4-3-6-19-17/h3-4,6,14H,5,7-13H2,1-2H3. The molecule has 0 radical (unpaired) electrons. The molecule has 1 aromatic heterocycles. The second kappa shape index (κ2) is 7.68. The van der Waals surface area contributed by atoms with E-state index in [4.69, 9.17) is 11.6 Å². The fourth-order valence-electron chi connectivity index (χ4n) is 3.45. The predicted octanol–water partition coefficient (Wildman–Crippen LogP) is 1.02. The number of nitrogens with zero attached hydrogens (tertiary/aromatic N) is 5. The summed E-state index contributed by atoms with van der Waals surface area (Å²) in [7, 11) is 4.22. The van der Waals surface area contributed by atoms with Gasteiger partial charge < -0.3 is 14.7 Å². The van der Waals surface area contributed by atoms with Gasteiger partial charge in [-0.3, -0.25) is 9.69 Å². The van der Waals surface area contributed by atoms with Crippen molar-refractivity contribution in [3.63, 3.8) is 0 Å². The highest BCUT2D eigenvalue weighted by molar-refractivity contribution is 6.32. The molecule has 2 aliphatic heterocycles. The molecule has 3 heterocycles. The second-order valence-corrected chi connectivity index (χ2v) is 7.23. The Bertz CT molecular complexity index is 574. The number of hydrogen-bond acceptors (Lipinski definition) is 5. The van der Waals surface area contributed by atoms with Crippen LogP contribution in [0, 0.1) is 0 Å². The molecule has 1 amide bonds. The molecular formula is C17H26ClN5O. The molecule has 2 saturated heterocycles. The summed E-state index contributed by atoms with van der Waals surface area (Å²) in [5.41, 5.74) is 0. The van der Waals surface area contributed by atoms with E-state index in [1.54, 1.807) is 6.20 Å². The number of pyridine rings is 1. The van der Waals surface area contributed by atoms with Crippen molar-refractivity contribution >= 4 is 23.3 Å². The molecular weight excluding hydrogens is 326 g/mol. The highest BCUT2D eigenvalue weighted by Crippen LogP contribution is 2.23. The van der Waals surface area contributed by atoms with E-state index >= 15 is 0 Å². The summed E-state index contributed by atoms with van der Waals surface area (Å²) >= 11 is 6.21. The second-order valence-electron chi connectivity index (χ2n) is 6.82. The molecule has 2 fully saturated rings. The van der Waals surface area contributed by atoms with Gasteiger partial charge in [0, 0.05) is 51.5 Å². The number of hydrogen-bond donors (Lipinski definition) is 0. The Balaban J connectivity index is 1.48. The highest BCUT2D eigenvalue weighted by atomic mass is 35.5. The molecule has 0 aromatic carbocycles. The van der Waals surface area contributed by atoms with Crippen LogP contribution >= 0.6 is 11.6 Å². The molecule has 0 saturated carbocycles. The van der Waals surface area contributed by atoms with Crippen LogP contribution in [0.15, 0.2) is 18.3 Å². The van der Waals surface area contributed by atoms with Crippen molar-refractivity contribution in [1.29, 1.82) is 0 Å². The largest absolute Gasteiger partial charge is 0.352 e. The van der Waals surface area contributed by atoms with Crippen LogP contribution in [0.3, 0.4) is 0 Å². The number of anilines is 1. The van der Waals surface area contributed by atoms with Crippen LogP contribution < -0.4 is 4.90 Å². The maximum Gasteiger partial charge on any atom is 0.236 e. The minimum absolute atomic E-state index is 0.237. The summed E-state index contributed by atoms with van der Waals surface area (Å²) in [5, 5.41) is 0.670. The molecule has 6 nitrogen and oxygen atoms in total. The lowest BCUT2D eigenvalue weighted by atomic mass is 10.2. The number of rotatable bonds is 4. The third kappa shape index (κ3) is 3.99. The Hall–Kier alpha value is -1.37. The first kappa shape index (κ1) is 17.5. The monoisotopic (exact) mass is 351 g/mol. The summed E-state index contributed by atoms with van der Waals surface area (Å²) in [4.78, 5) is 25.6. The Morgan fingerprint density at radius 1 is 1.29 bits per heavy atom. The lowest BCUT2D eigenvalue weighted by Crippen LogP contribution is -2.51. The molecule has 0 N–H and O–H groups in total. The molecule has 1 atom stereocenters. The van der Waals surface area contributed by atoms with Gasteiger partial charge in [-0.15, -0.1) is 0 Å². The average molecular weight is 352 g/mol. The summed E-state index contributed by atoms with van der Waals surface area (Å²) in [6.07, 6.45) is 2.90. The molecule has 7 heteroatoms. The first-order valence-corrected chi connectivity index (χ1v) is 8.94. The van der Waals surface area contributed by atoms with Gasteiger partial charge in [0.15, 0.2) is 0 Å². The molecule has 1 unspecified atom stereocenters. The highest BCUT2D eigenvalue weighted by Gasteiger charge is 2.28. The van der Waals surface area contributed by atoms with Gasteiger partial charge in [0.1, 0.15) is 5.82 Å². The van der Waals surface area contributed by atoms with Gasteiger partial charge in [-0.2, -0.15) is 0 Å². The van der Waals surface area contributed by atoms with E-state index in [2.05, 4.69) is 33.8 Å². The predicted molar refractivity (Wildman–Crippen MR) is 96.6 cm³/mol. The van der Waals surface area contributed by atoms with Gasteiger partial charge in [0.2, 0.25) is 5.91 Å². The zero-order chi connectivity index (χ0) is 17.1. The van der Waals surface area contributed by atoms with Gasteiger partial charge in [0.25, 0.3) is 0 Å². The zero-order valence-electron chi connectivity index (χ0n) is 14.5. The SMILES string of the molecule is CN(C)C1CCN(CC(=O)N2CCN(c3ncccc3Cl)CC2)C1. The fourth-order valence-corrected chi connectivity index (χ4v) is 3.69. The van der Waals surface area contributed by atoms with Gasteiger partial charge >= 0.3 is 0 Å². The quantitative estimate of drug-likeness (QED) is 0.810. The number of piperazine rings is 1. The molecule has 1 aromatic rings. The van der Waals surface area contributed by atoms with Crippen LogP contribution in [-0.2, 0) is 4.79 Å². The van der Waals surface area contributed by atoms with Crippen LogP contribution in [0.5, 0.6) is 0 Å². The van der Waals surface area contributed by atoms with Crippen molar-refractivity contribution in [1.82, 2.24) is 19.7 Å². The molecule has 132 valence electrons. The van der Waals surface area contributed by atoms with Gasteiger partial charge in [-0.05, 0) is 32.6 Å². The molecule has 0 spiro atoms. The first-order chi connectivity index (χ1) is 11.5. The van der Waals surface area contributed by atoms with Gasteiger partial charge in [-0.1, -0.05) is 11.6 Å². The minimum Gasteiger partial charge on any atom is -0.352 e. The first-order valence-electron chi connectivity index (χ1n) is 8.56. The third-order valence-corrected chi connectivity index (χ3v) is 5.30. The number of carbonyl (C=O) groups is 1.